The highest BCUT2D eigenvalue weighted by Crippen LogP contribution is 2.07. The minimum Gasteiger partial charge on any atom is -0.359 e. The summed E-state index contributed by atoms with van der Waals surface area (Å²) in [5.74, 6) is 3.25. The molecule has 0 aromatic rings. The van der Waals surface area contributed by atoms with Crippen LogP contribution in [-0.2, 0) is 0 Å². The second-order valence-corrected chi connectivity index (χ2v) is 1.91. The second-order valence-electron chi connectivity index (χ2n) is 1.05. The number of amidine groups is 1. The van der Waals surface area contributed by atoms with E-state index >= 15 is 0 Å². The largest absolute Gasteiger partial charge is 0.359 e. The normalized spacial score (nSPS) is 21.0. The number of hydrogen-bond donors (Lipinski definition) is 2. The van der Waals surface area contributed by atoms with Crippen LogP contribution in [0, 0.1) is 11.3 Å². The first-order valence-corrected chi connectivity index (χ1v) is 2.72. The van der Waals surface area contributed by atoms with Crippen LogP contribution in [0.25, 0.3) is 0 Å². The Morgan fingerprint density at radius 1 is 2.00 bits per heavy atom. The van der Waals surface area contributed by atoms with E-state index in [1.54, 1.807) is 11.8 Å². The number of rotatable bonds is 0. The summed E-state index contributed by atoms with van der Waals surface area (Å²) in [6.07, 6.45) is 0. The van der Waals surface area contributed by atoms with E-state index < -0.39 is 0 Å². The molecule has 2 N–H and O–H groups in total. The molecule has 1 saturated heterocycles. The fourth-order valence-electron chi connectivity index (χ4n) is 0.279. The van der Waals surface area contributed by atoms with Crippen molar-refractivity contribution in [3.05, 3.63) is 5.88 Å². The minimum absolute atomic E-state index is 0.611. The molecule has 0 spiro atoms. The SMILES string of the molecule is N=C1CS[CH]N1. The molecule has 2 nitrogen and oxygen atoms in total. The van der Waals surface area contributed by atoms with Crippen molar-refractivity contribution in [2.45, 2.75) is 0 Å². The third-order valence-corrected chi connectivity index (χ3v) is 1.28. The summed E-state index contributed by atoms with van der Waals surface area (Å²) in [5.41, 5.74) is 0. The van der Waals surface area contributed by atoms with Gasteiger partial charge in [-0.05, 0) is 0 Å². The van der Waals surface area contributed by atoms with Gasteiger partial charge in [0.25, 0.3) is 0 Å². The molecule has 0 aromatic heterocycles. The average molecular weight is 101 g/mol. The van der Waals surface area contributed by atoms with Gasteiger partial charge in [-0.15, -0.1) is 11.8 Å². The Kier molecular flexibility index (Phi) is 1.01. The van der Waals surface area contributed by atoms with Gasteiger partial charge in [0.2, 0.25) is 0 Å². The van der Waals surface area contributed by atoms with Crippen molar-refractivity contribution in [2.75, 3.05) is 5.75 Å². The molecule has 0 unspecified atom stereocenters. The van der Waals surface area contributed by atoms with Crippen LogP contribution in [0.5, 0.6) is 0 Å². The van der Waals surface area contributed by atoms with Crippen molar-refractivity contribution >= 4 is 17.6 Å². The molecule has 1 radical (unpaired) electrons. The van der Waals surface area contributed by atoms with Gasteiger partial charge >= 0.3 is 0 Å². The summed E-state index contributed by atoms with van der Waals surface area (Å²) >= 11 is 1.62. The van der Waals surface area contributed by atoms with Crippen molar-refractivity contribution in [1.29, 1.82) is 5.41 Å². The molecule has 33 valence electrons. The van der Waals surface area contributed by atoms with Gasteiger partial charge in [0.05, 0.1) is 5.75 Å². The Morgan fingerprint density at radius 3 is 3.00 bits per heavy atom. The molecule has 6 heavy (non-hydrogen) atoms. The van der Waals surface area contributed by atoms with Gasteiger partial charge in [0, 0.05) is 0 Å². The van der Waals surface area contributed by atoms with E-state index in [4.69, 9.17) is 5.41 Å². The van der Waals surface area contributed by atoms with Crippen LogP contribution in [0.1, 0.15) is 0 Å². The molecule has 1 heterocycles. The second kappa shape index (κ2) is 1.51. The van der Waals surface area contributed by atoms with Crippen molar-refractivity contribution in [3.8, 4) is 0 Å². The maximum absolute atomic E-state index is 6.89. The monoisotopic (exact) mass is 101 g/mol. The Bertz CT molecular complexity index is 63.2. The van der Waals surface area contributed by atoms with Crippen molar-refractivity contribution < 1.29 is 0 Å². The number of thioether (sulfide) groups is 1. The van der Waals surface area contributed by atoms with Gasteiger partial charge in [-0.1, -0.05) is 0 Å². The van der Waals surface area contributed by atoms with Gasteiger partial charge in [-0.3, -0.25) is 5.41 Å². The van der Waals surface area contributed by atoms with E-state index in [2.05, 4.69) is 5.32 Å². The zero-order valence-corrected chi connectivity index (χ0v) is 4.01. The minimum atomic E-state index is 0.611. The van der Waals surface area contributed by atoms with E-state index in [1.807, 2.05) is 5.88 Å². The highest BCUT2D eigenvalue weighted by Gasteiger charge is 2.02. The molecular formula is C3H5N2S. The first kappa shape index (κ1) is 3.99. The lowest BCUT2D eigenvalue weighted by atomic mass is 10.7. The Balaban J connectivity index is 2.37. The fourth-order valence-corrected chi connectivity index (χ4v) is 0.838. The van der Waals surface area contributed by atoms with Gasteiger partial charge in [0.1, 0.15) is 11.7 Å². The lowest BCUT2D eigenvalue weighted by molar-refractivity contribution is 1.22. The summed E-state index contributed by atoms with van der Waals surface area (Å²) in [4.78, 5) is 0. The smallest absolute Gasteiger partial charge is 0.104 e. The van der Waals surface area contributed by atoms with Gasteiger partial charge in [-0.25, -0.2) is 0 Å². The Hall–Kier alpha value is -0.180. The van der Waals surface area contributed by atoms with Crippen molar-refractivity contribution in [3.63, 3.8) is 0 Å². The predicted molar refractivity (Wildman–Crippen MR) is 27.6 cm³/mol. The van der Waals surface area contributed by atoms with Crippen molar-refractivity contribution in [2.24, 2.45) is 0 Å². The topological polar surface area (TPSA) is 35.9 Å². The maximum Gasteiger partial charge on any atom is 0.104 e. The molecule has 0 aromatic carbocycles. The molecule has 1 aliphatic heterocycles. The number of hydrogen-bond acceptors (Lipinski definition) is 2. The van der Waals surface area contributed by atoms with Gasteiger partial charge < -0.3 is 5.32 Å². The average Bonchev–Trinajstić information content (AvgIpc) is 1.86. The first-order chi connectivity index (χ1) is 2.89. The van der Waals surface area contributed by atoms with Crippen LogP contribution in [0.3, 0.4) is 0 Å². The summed E-state index contributed by atoms with van der Waals surface area (Å²) in [6.45, 7) is 0. The van der Waals surface area contributed by atoms with Crippen LogP contribution < -0.4 is 5.32 Å². The zero-order valence-electron chi connectivity index (χ0n) is 3.19. The lowest BCUT2D eigenvalue weighted by Gasteiger charge is -1.82. The zero-order chi connectivity index (χ0) is 4.41. The molecular weight excluding hydrogens is 96.1 g/mol. The molecule has 0 atom stereocenters. The summed E-state index contributed by atoms with van der Waals surface area (Å²) < 4.78 is 0. The molecule has 0 aliphatic carbocycles. The van der Waals surface area contributed by atoms with Crippen LogP contribution >= 0.6 is 11.8 Å². The van der Waals surface area contributed by atoms with Crippen LogP contribution in [0.15, 0.2) is 0 Å². The highest BCUT2D eigenvalue weighted by molar-refractivity contribution is 8.02. The third-order valence-electron chi connectivity index (χ3n) is 0.544. The summed E-state index contributed by atoms with van der Waals surface area (Å²) in [5, 5.41) is 9.63. The quantitative estimate of drug-likeness (QED) is 0.464. The van der Waals surface area contributed by atoms with Crippen LogP contribution in [-0.4, -0.2) is 11.6 Å². The van der Waals surface area contributed by atoms with Crippen LogP contribution in [0.4, 0.5) is 0 Å². The predicted octanol–water partition coefficient (Wildman–Crippen LogP) is 0.419. The molecule has 3 heteroatoms. The third kappa shape index (κ3) is 0.653. The molecule has 0 bridgehead atoms. The van der Waals surface area contributed by atoms with E-state index in [-0.39, 0.29) is 0 Å². The molecule has 1 rings (SSSR count). The Morgan fingerprint density at radius 2 is 2.83 bits per heavy atom. The number of nitrogens with one attached hydrogen (secondary N) is 2. The van der Waals surface area contributed by atoms with E-state index in [0.717, 1.165) is 5.75 Å². The fraction of sp³-hybridized carbons (Fsp3) is 0.333. The molecule has 0 saturated carbocycles. The van der Waals surface area contributed by atoms with Gasteiger partial charge in [0.15, 0.2) is 0 Å². The molecule has 1 aliphatic rings. The standard InChI is InChI=1S/C3H5N2S/c4-3-1-6-2-5-3/h2H,1H2,(H2,4,5). The maximum atomic E-state index is 6.89. The van der Waals surface area contributed by atoms with Crippen molar-refractivity contribution in [1.82, 2.24) is 5.32 Å². The van der Waals surface area contributed by atoms with Crippen LogP contribution in [0.2, 0.25) is 0 Å². The summed E-state index contributed by atoms with van der Waals surface area (Å²) in [6, 6.07) is 0. The van der Waals surface area contributed by atoms with Gasteiger partial charge in [-0.2, -0.15) is 0 Å². The lowest BCUT2D eigenvalue weighted by Crippen LogP contribution is -2.10. The Labute approximate surface area is 40.8 Å². The summed E-state index contributed by atoms with van der Waals surface area (Å²) in [7, 11) is 0. The van der Waals surface area contributed by atoms with E-state index in [0.29, 0.717) is 5.84 Å². The molecule has 0 amide bonds. The molecule has 1 fully saturated rings. The van der Waals surface area contributed by atoms with E-state index in [1.165, 1.54) is 0 Å². The highest BCUT2D eigenvalue weighted by atomic mass is 32.2. The first-order valence-electron chi connectivity index (χ1n) is 1.67. The van der Waals surface area contributed by atoms with E-state index in [9.17, 15) is 0 Å².